The van der Waals surface area contributed by atoms with Gasteiger partial charge in [-0.3, -0.25) is 4.98 Å². The molecule has 0 amide bonds. The van der Waals surface area contributed by atoms with Crippen molar-refractivity contribution >= 4 is 21.6 Å². The Hall–Kier alpha value is -1.98. The second kappa shape index (κ2) is 7.21. The predicted molar refractivity (Wildman–Crippen MR) is 108 cm³/mol. The fourth-order valence-corrected chi connectivity index (χ4v) is 5.07. The number of hydrogen-bond acceptors (Lipinski definition) is 5. The van der Waals surface area contributed by atoms with Crippen LogP contribution in [0.25, 0.3) is 10.2 Å². The third-order valence-corrected chi connectivity index (χ3v) is 6.73. The van der Waals surface area contributed by atoms with Gasteiger partial charge in [0.1, 0.15) is 11.5 Å². The SMILES string of the molecule is O[C@@H]1CCCC[C@H]1Cc1nc2ccc(Oc3ccnc(C4CC4)c3)cc2s1. The van der Waals surface area contributed by atoms with Crippen molar-refractivity contribution in [3.05, 3.63) is 47.2 Å². The van der Waals surface area contributed by atoms with Crippen molar-refractivity contribution in [3.8, 4) is 11.5 Å². The van der Waals surface area contributed by atoms with Crippen molar-refractivity contribution < 1.29 is 9.84 Å². The first-order valence-corrected chi connectivity index (χ1v) is 10.8. The van der Waals surface area contributed by atoms with E-state index in [0.29, 0.717) is 11.8 Å². The summed E-state index contributed by atoms with van der Waals surface area (Å²) in [4.78, 5) is 9.23. The molecule has 4 nitrogen and oxygen atoms in total. The van der Waals surface area contributed by atoms with Crippen LogP contribution in [0.5, 0.6) is 11.5 Å². The van der Waals surface area contributed by atoms with E-state index in [2.05, 4.69) is 17.1 Å². The minimum atomic E-state index is -0.169. The van der Waals surface area contributed by atoms with Crippen molar-refractivity contribution in [1.29, 1.82) is 0 Å². The lowest BCUT2D eigenvalue weighted by molar-refractivity contribution is 0.0700. The van der Waals surface area contributed by atoms with Crippen molar-refractivity contribution in [1.82, 2.24) is 9.97 Å². The van der Waals surface area contributed by atoms with Crippen LogP contribution in [0.1, 0.15) is 55.1 Å². The van der Waals surface area contributed by atoms with Gasteiger partial charge in [-0.2, -0.15) is 0 Å². The highest BCUT2D eigenvalue weighted by Crippen LogP contribution is 2.40. The van der Waals surface area contributed by atoms with Gasteiger partial charge in [-0.1, -0.05) is 12.8 Å². The highest BCUT2D eigenvalue weighted by atomic mass is 32.1. The Kier molecular flexibility index (Phi) is 4.58. The zero-order chi connectivity index (χ0) is 18.2. The summed E-state index contributed by atoms with van der Waals surface area (Å²) in [7, 11) is 0. The molecular weight excluding hydrogens is 356 g/mol. The Morgan fingerprint density at radius 1 is 1.04 bits per heavy atom. The van der Waals surface area contributed by atoms with Gasteiger partial charge in [-0.15, -0.1) is 11.3 Å². The number of aromatic nitrogens is 2. The number of benzene rings is 1. The summed E-state index contributed by atoms with van der Waals surface area (Å²) < 4.78 is 7.22. The summed E-state index contributed by atoms with van der Waals surface area (Å²) in [5.41, 5.74) is 2.15. The van der Waals surface area contributed by atoms with E-state index < -0.39 is 0 Å². The van der Waals surface area contributed by atoms with Gasteiger partial charge in [-0.05, 0) is 49.8 Å². The standard InChI is InChI=1S/C22H24N2O2S/c25-20-4-2-1-3-15(20)11-22-24-18-8-7-16(13-21(18)27-22)26-17-9-10-23-19(12-17)14-5-6-14/h7-10,12-15,20,25H,1-6,11H2/t15-,20+/m0/s1. The summed E-state index contributed by atoms with van der Waals surface area (Å²) in [6.45, 7) is 0. The largest absolute Gasteiger partial charge is 0.457 e. The fourth-order valence-electron chi connectivity index (χ4n) is 3.98. The van der Waals surface area contributed by atoms with E-state index in [0.717, 1.165) is 58.1 Å². The number of rotatable bonds is 5. The second-order valence-electron chi connectivity index (χ2n) is 7.85. The molecule has 2 atom stereocenters. The van der Waals surface area contributed by atoms with Gasteiger partial charge in [-0.25, -0.2) is 4.98 Å². The first-order chi connectivity index (χ1) is 13.2. The minimum absolute atomic E-state index is 0.169. The van der Waals surface area contributed by atoms with Crippen LogP contribution in [0.4, 0.5) is 0 Å². The number of ether oxygens (including phenoxy) is 1. The van der Waals surface area contributed by atoms with Crippen LogP contribution < -0.4 is 4.74 Å². The molecule has 27 heavy (non-hydrogen) atoms. The molecule has 5 heteroatoms. The molecule has 2 aliphatic carbocycles. The van der Waals surface area contributed by atoms with Gasteiger partial charge >= 0.3 is 0 Å². The number of aliphatic hydroxyl groups is 1. The summed E-state index contributed by atoms with van der Waals surface area (Å²) in [5.74, 6) is 2.66. The summed E-state index contributed by atoms with van der Waals surface area (Å²) >= 11 is 1.72. The molecule has 2 heterocycles. The molecule has 0 saturated heterocycles. The summed E-state index contributed by atoms with van der Waals surface area (Å²) in [5, 5.41) is 11.3. The van der Waals surface area contributed by atoms with Crippen LogP contribution in [0.15, 0.2) is 36.5 Å². The topological polar surface area (TPSA) is 55.2 Å². The first-order valence-electron chi connectivity index (χ1n) is 9.96. The number of nitrogens with zero attached hydrogens (tertiary/aromatic N) is 2. The molecule has 140 valence electrons. The Bertz CT molecular complexity index is 950. The number of hydrogen-bond donors (Lipinski definition) is 1. The van der Waals surface area contributed by atoms with Crippen molar-refractivity contribution in [2.45, 2.75) is 57.0 Å². The number of thiazole rings is 1. The molecule has 2 aromatic heterocycles. The Morgan fingerprint density at radius 3 is 2.74 bits per heavy atom. The Morgan fingerprint density at radius 2 is 1.89 bits per heavy atom. The van der Waals surface area contributed by atoms with E-state index in [1.54, 1.807) is 11.3 Å². The summed E-state index contributed by atoms with van der Waals surface area (Å²) in [6.07, 6.45) is 9.43. The third kappa shape index (κ3) is 3.85. The Balaban J connectivity index is 1.33. The van der Waals surface area contributed by atoms with Gasteiger partial charge in [0.2, 0.25) is 0 Å². The average Bonchev–Trinajstić information content (AvgIpc) is 3.45. The van der Waals surface area contributed by atoms with Crippen molar-refractivity contribution in [3.63, 3.8) is 0 Å². The molecule has 5 rings (SSSR count). The van der Waals surface area contributed by atoms with Crippen molar-refractivity contribution in [2.75, 3.05) is 0 Å². The lowest BCUT2D eigenvalue weighted by Gasteiger charge is -2.26. The van der Waals surface area contributed by atoms with Crippen LogP contribution in [-0.2, 0) is 6.42 Å². The maximum atomic E-state index is 10.2. The number of pyridine rings is 1. The molecule has 0 aliphatic heterocycles. The lowest BCUT2D eigenvalue weighted by Crippen LogP contribution is -2.26. The molecule has 1 aromatic carbocycles. The molecule has 0 radical (unpaired) electrons. The van der Waals surface area contributed by atoms with E-state index in [4.69, 9.17) is 9.72 Å². The van der Waals surface area contributed by atoms with E-state index in [9.17, 15) is 5.11 Å². The van der Waals surface area contributed by atoms with Gasteiger partial charge in [0.05, 0.1) is 21.3 Å². The first kappa shape index (κ1) is 17.1. The highest BCUT2D eigenvalue weighted by Gasteiger charge is 2.25. The van der Waals surface area contributed by atoms with Gasteiger partial charge < -0.3 is 9.84 Å². The highest BCUT2D eigenvalue weighted by molar-refractivity contribution is 7.18. The maximum Gasteiger partial charge on any atom is 0.130 e. The molecule has 2 saturated carbocycles. The van der Waals surface area contributed by atoms with E-state index in [-0.39, 0.29) is 6.10 Å². The van der Waals surface area contributed by atoms with E-state index in [1.165, 1.54) is 19.3 Å². The van der Waals surface area contributed by atoms with Crippen LogP contribution in [0.2, 0.25) is 0 Å². The van der Waals surface area contributed by atoms with Crippen molar-refractivity contribution in [2.24, 2.45) is 5.92 Å². The number of fused-ring (bicyclic) bond motifs is 1. The second-order valence-corrected chi connectivity index (χ2v) is 8.96. The van der Waals surface area contributed by atoms with Crippen LogP contribution in [0.3, 0.4) is 0 Å². The molecular formula is C22H24N2O2S. The minimum Gasteiger partial charge on any atom is -0.457 e. The molecule has 2 fully saturated rings. The monoisotopic (exact) mass is 380 g/mol. The van der Waals surface area contributed by atoms with Gasteiger partial charge in [0.25, 0.3) is 0 Å². The normalized spacial score (nSPS) is 22.9. The molecule has 3 aromatic rings. The molecule has 2 aliphatic rings. The van der Waals surface area contributed by atoms with Gasteiger partial charge in [0.15, 0.2) is 0 Å². The quantitative estimate of drug-likeness (QED) is 0.639. The molecule has 0 bridgehead atoms. The van der Waals surface area contributed by atoms with Crippen LogP contribution in [0, 0.1) is 5.92 Å². The number of aliphatic hydroxyl groups excluding tert-OH is 1. The third-order valence-electron chi connectivity index (χ3n) is 5.69. The molecule has 0 unspecified atom stereocenters. The lowest BCUT2D eigenvalue weighted by atomic mass is 9.84. The zero-order valence-electron chi connectivity index (χ0n) is 15.3. The Labute approximate surface area is 163 Å². The maximum absolute atomic E-state index is 10.2. The molecule has 0 spiro atoms. The summed E-state index contributed by atoms with van der Waals surface area (Å²) in [6, 6.07) is 10.1. The fraction of sp³-hybridized carbons (Fsp3) is 0.455. The molecule has 1 N–H and O–H groups in total. The van der Waals surface area contributed by atoms with Crippen LogP contribution in [-0.4, -0.2) is 21.2 Å². The predicted octanol–water partition coefficient (Wildman–Crippen LogP) is 5.45. The van der Waals surface area contributed by atoms with Crippen LogP contribution >= 0.6 is 11.3 Å². The average molecular weight is 381 g/mol. The van der Waals surface area contributed by atoms with Gasteiger partial charge in [0, 0.05) is 36.4 Å². The van der Waals surface area contributed by atoms with E-state index in [1.807, 2.05) is 24.4 Å². The smallest absolute Gasteiger partial charge is 0.130 e. The van der Waals surface area contributed by atoms with E-state index >= 15 is 0 Å². The zero-order valence-corrected chi connectivity index (χ0v) is 16.1.